The number of halogens is 3. The summed E-state index contributed by atoms with van der Waals surface area (Å²) in [5, 5.41) is 10.3. The summed E-state index contributed by atoms with van der Waals surface area (Å²) in [6, 6.07) is 5.13. The van der Waals surface area contributed by atoms with Crippen molar-refractivity contribution in [1.29, 1.82) is 0 Å². The molecule has 0 N–H and O–H groups in total. The van der Waals surface area contributed by atoms with E-state index in [2.05, 4.69) is 0 Å². The molecule has 0 saturated carbocycles. The lowest BCUT2D eigenvalue weighted by Gasteiger charge is -1.97. The normalized spacial score (nSPS) is 9.64. The minimum atomic E-state index is -1.84. The van der Waals surface area contributed by atoms with Crippen LogP contribution in [0.1, 0.15) is 5.56 Å². The predicted octanol–water partition coefficient (Wildman–Crippen LogP) is 3.59. The highest BCUT2D eigenvalue weighted by Gasteiger charge is 2.10. The lowest BCUT2D eigenvalue weighted by molar-refractivity contribution is -0.384. The first-order valence-electron chi connectivity index (χ1n) is 3.48. The molecular formula is C8H4F2INO2. The molecule has 1 rings (SSSR count). The summed E-state index contributed by atoms with van der Waals surface area (Å²) in [4.78, 5) is 9.72. The lowest BCUT2D eigenvalue weighted by atomic mass is 10.2. The van der Waals surface area contributed by atoms with E-state index < -0.39 is 11.0 Å². The standard InChI is InChI=1S/C8H4F2INO2/c9-8(10)7(11)5-2-1-3-6(4-5)12(13)14/h1-4H. The first-order chi connectivity index (χ1) is 6.52. The number of hydrogen-bond donors (Lipinski definition) is 0. The summed E-state index contributed by atoms with van der Waals surface area (Å²) < 4.78 is 24.0. The molecule has 14 heavy (non-hydrogen) atoms. The number of rotatable bonds is 2. The SMILES string of the molecule is O=[N+]([O-])c1cccc(C(I)=C(F)F)c1. The van der Waals surface area contributed by atoms with Gasteiger partial charge in [0, 0.05) is 12.1 Å². The Kier molecular flexibility index (Phi) is 3.50. The van der Waals surface area contributed by atoms with Crippen molar-refractivity contribution in [2.75, 3.05) is 0 Å². The molecule has 1 aromatic rings. The van der Waals surface area contributed by atoms with Crippen LogP contribution in [0.25, 0.3) is 3.58 Å². The quantitative estimate of drug-likeness (QED) is 0.476. The van der Waals surface area contributed by atoms with Crippen LogP contribution in [-0.2, 0) is 0 Å². The number of nitrogens with zero attached hydrogens (tertiary/aromatic N) is 1. The molecule has 0 saturated heterocycles. The number of hydrogen-bond acceptors (Lipinski definition) is 2. The summed E-state index contributed by atoms with van der Waals surface area (Å²) in [6.07, 6.45) is -1.84. The fourth-order valence-corrected chi connectivity index (χ4v) is 1.20. The maximum Gasteiger partial charge on any atom is 0.284 e. The summed E-state index contributed by atoms with van der Waals surface area (Å²) in [5.41, 5.74) is -0.0438. The lowest BCUT2D eigenvalue weighted by Crippen LogP contribution is -1.88. The maximum absolute atomic E-state index is 12.1. The zero-order chi connectivity index (χ0) is 10.7. The highest BCUT2D eigenvalue weighted by Crippen LogP contribution is 2.29. The van der Waals surface area contributed by atoms with Crippen LogP contribution in [0, 0.1) is 10.1 Å². The minimum Gasteiger partial charge on any atom is -0.258 e. The predicted molar refractivity (Wildman–Crippen MR) is 56.3 cm³/mol. The second kappa shape index (κ2) is 4.45. The molecule has 0 aliphatic rings. The van der Waals surface area contributed by atoms with Gasteiger partial charge >= 0.3 is 0 Å². The molecule has 6 heteroatoms. The molecule has 74 valence electrons. The monoisotopic (exact) mass is 311 g/mol. The second-order valence-electron chi connectivity index (χ2n) is 2.38. The fourth-order valence-electron chi connectivity index (χ4n) is 0.865. The molecule has 0 aliphatic heterocycles. The van der Waals surface area contributed by atoms with Gasteiger partial charge in [-0.05, 0) is 28.2 Å². The van der Waals surface area contributed by atoms with Crippen molar-refractivity contribution in [2.45, 2.75) is 0 Å². The van der Waals surface area contributed by atoms with Crippen LogP contribution in [0.15, 0.2) is 30.3 Å². The van der Waals surface area contributed by atoms with Crippen LogP contribution in [-0.4, -0.2) is 4.92 Å². The Bertz CT molecular complexity index is 402. The van der Waals surface area contributed by atoms with E-state index in [1.54, 1.807) is 0 Å². The summed E-state index contributed by atoms with van der Waals surface area (Å²) >= 11 is 1.44. The van der Waals surface area contributed by atoms with Gasteiger partial charge in [-0.25, -0.2) is 0 Å². The smallest absolute Gasteiger partial charge is 0.258 e. The topological polar surface area (TPSA) is 43.1 Å². The van der Waals surface area contributed by atoms with Crippen LogP contribution < -0.4 is 0 Å². The van der Waals surface area contributed by atoms with Gasteiger partial charge in [0.25, 0.3) is 11.8 Å². The third-order valence-electron chi connectivity index (χ3n) is 1.48. The van der Waals surface area contributed by atoms with Crippen molar-refractivity contribution in [1.82, 2.24) is 0 Å². The Balaban J connectivity index is 3.19. The van der Waals surface area contributed by atoms with E-state index in [0.29, 0.717) is 0 Å². The van der Waals surface area contributed by atoms with Gasteiger partial charge in [0.05, 0.1) is 8.50 Å². The fraction of sp³-hybridized carbons (Fsp3) is 0. The zero-order valence-corrected chi connectivity index (χ0v) is 8.86. The van der Waals surface area contributed by atoms with Gasteiger partial charge in [0.1, 0.15) is 0 Å². The number of nitro benzene ring substituents is 1. The first kappa shape index (κ1) is 11.0. The molecular weight excluding hydrogens is 307 g/mol. The van der Waals surface area contributed by atoms with Crippen LogP contribution in [0.2, 0.25) is 0 Å². The molecule has 0 amide bonds. The van der Waals surface area contributed by atoms with Gasteiger partial charge in [-0.1, -0.05) is 12.1 Å². The molecule has 0 aromatic heterocycles. The number of benzene rings is 1. The van der Waals surface area contributed by atoms with Crippen molar-refractivity contribution < 1.29 is 13.7 Å². The number of non-ortho nitro benzene ring substituents is 1. The zero-order valence-electron chi connectivity index (χ0n) is 6.71. The van der Waals surface area contributed by atoms with E-state index in [4.69, 9.17) is 0 Å². The second-order valence-corrected chi connectivity index (χ2v) is 3.46. The molecule has 0 fully saturated rings. The summed E-state index contributed by atoms with van der Waals surface area (Å²) in [6.45, 7) is 0. The molecule has 0 bridgehead atoms. The van der Waals surface area contributed by atoms with Crippen molar-refractivity contribution in [2.24, 2.45) is 0 Å². The van der Waals surface area contributed by atoms with Crippen molar-refractivity contribution in [3.8, 4) is 0 Å². The molecule has 0 atom stereocenters. The largest absolute Gasteiger partial charge is 0.284 e. The van der Waals surface area contributed by atoms with E-state index in [-0.39, 0.29) is 14.8 Å². The van der Waals surface area contributed by atoms with E-state index >= 15 is 0 Å². The molecule has 0 unspecified atom stereocenters. The highest BCUT2D eigenvalue weighted by atomic mass is 127. The Labute approximate surface area is 91.7 Å². The van der Waals surface area contributed by atoms with Crippen molar-refractivity contribution >= 4 is 31.9 Å². The number of nitro groups is 1. The highest BCUT2D eigenvalue weighted by molar-refractivity contribution is 14.1. The van der Waals surface area contributed by atoms with E-state index in [1.165, 1.54) is 40.8 Å². The average molecular weight is 311 g/mol. The third-order valence-corrected chi connectivity index (χ3v) is 2.51. The van der Waals surface area contributed by atoms with E-state index in [0.717, 1.165) is 6.07 Å². The van der Waals surface area contributed by atoms with Crippen molar-refractivity contribution in [3.63, 3.8) is 0 Å². The van der Waals surface area contributed by atoms with Gasteiger partial charge in [-0.2, -0.15) is 8.78 Å². The average Bonchev–Trinajstić information content (AvgIpc) is 2.16. The van der Waals surface area contributed by atoms with Gasteiger partial charge in [-0.15, -0.1) is 0 Å². The van der Waals surface area contributed by atoms with Crippen LogP contribution in [0.3, 0.4) is 0 Å². The summed E-state index contributed by atoms with van der Waals surface area (Å²) in [5.74, 6) is 0. The Hall–Kier alpha value is -1.05. The van der Waals surface area contributed by atoms with Gasteiger partial charge < -0.3 is 0 Å². The minimum absolute atomic E-state index is 0.153. The Morgan fingerprint density at radius 1 is 1.43 bits per heavy atom. The molecule has 0 aliphatic carbocycles. The van der Waals surface area contributed by atoms with Crippen LogP contribution in [0.4, 0.5) is 14.5 Å². The molecule has 3 nitrogen and oxygen atoms in total. The van der Waals surface area contributed by atoms with Gasteiger partial charge in [0.2, 0.25) is 0 Å². The van der Waals surface area contributed by atoms with E-state index in [9.17, 15) is 18.9 Å². The Morgan fingerprint density at radius 2 is 2.07 bits per heavy atom. The molecule has 0 spiro atoms. The third kappa shape index (κ3) is 2.47. The van der Waals surface area contributed by atoms with Crippen LogP contribution >= 0.6 is 22.6 Å². The van der Waals surface area contributed by atoms with Gasteiger partial charge in [0.15, 0.2) is 0 Å². The maximum atomic E-state index is 12.1. The first-order valence-corrected chi connectivity index (χ1v) is 4.56. The van der Waals surface area contributed by atoms with E-state index in [1.807, 2.05) is 0 Å². The Morgan fingerprint density at radius 3 is 2.57 bits per heavy atom. The van der Waals surface area contributed by atoms with Crippen LogP contribution in [0.5, 0.6) is 0 Å². The van der Waals surface area contributed by atoms with Gasteiger partial charge in [-0.3, -0.25) is 10.1 Å². The summed E-state index contributed by atoms with van der Waals surface area (Å²) in [7, 11) is 0. The van der Waals surface area contributed by atoms with Crippen molar-refractivity contribution in [3.05, 3.63) is 46.0 Å². The molecule has 0 heterocycles. The molecule has 0 radical (unpaired) electrons. The molecule has 1 aromatic carbocycles.